The summed E-state index contributed by atoms with van der Waals surface area (Å²) in [7, 11) is 0. The molecule has 2 aliphatic rings. The first-order valence-electron chi connectivity index (χ1n) is 14.3. The molecule has 218 valence electrons. The number of rotatable bonds is 9. The molecule has 10 heteroatoms. The van der Waals surface area contributed by atoms with Gasteiger partial charge in [-0.05, 0) is 76.6 Å². The van der Waals surface area contributed by atoms with Crippen molar-refractivity contribution in [3.05, 3.63) is 46.5 Å². The van der Waals surface area contributed by atoms with E-state index < -0.39 is 0 Å². The number of amides is 4. The molecule has 2 aromatic rings. The number of hydrogen-bond acceptors (Lipinski definition) is 6. The third-order valence-electron chi connectivity index (χ3n) is 8.27. The highest BCUT2D eigenvalue weighted by Gasteiger charge is 2.33. The van der Waals surface area contributed by atoms with Gasteiger partial charge in [-0.3, -0.25) is 0 Å². The molecule has 2 saturated heterocycles. The van der Waals surface area contributed by atoms with Crippen molar-refractivity contribution < 1.29 is 30.0 Å². The van der Waals surface area contributed by atoms with Gasteiger partial charge in [0.2, 0.25) is 0 Å². The highest BCUT2D eigenvalue weighted by atomic mass is 16.3. The molecule has 6 N–H and O–H groups in total. The van der Waals surface area contributed by atoms with Gasteiger partial charge >= 0.3 is 12.1 Å². The van der Waals surface area contributed by atoms with Crippen LogP contribution >= 0.6 is 0 Å². The highest BCUT2D eigenvalue weighted by Crippen LogP contribution is 2.41. The molecule has 0 spiro atoms. The first-order valence-corrected chi connectivity index (χ1v) is 14.3. The Morgan fingerprint density at radius 1 is 0.700 bits per heavy atom. The topological polar surface area (TPSA) is 146 Å². The Kier molecular flexibility index (Phi) is 9.50. The average molecular weight is 555 g/mol. The molecule has 0 aliphatic carbocycles. The largest absolute Gasteiger partial charge is 0.508 e. The van der Waals surface area contributed by atoms with E-state index in [1.54, 1.807) is 47.9 Å². The van der Waals surface area contributed by atoms with Crippen LogP contribution in [0.25, 0.3) is 0 Å². The van der Waals surface area contributed by atoms with Crippen LogP contribution in [0.5, 0.6) is 23.0 Å². The van der Waals surface area contributed by atoms with Crippen molar-refractivity contribution in [1.82, 2.24) is 20.4 Å². The number of nitrogens with one attached hydrogen (secondary N) is 2. The highest BCUT2D eigenvalue weighted by molar-refractivity contribution is 5.76. The van der Waals surface area contributed by atoms with Crippen molar-refractivity contribution in [2.45, 2.75) is 77.3 Å². The zero-order valence-corrected chi connectivity index (χ0v) is 23.4. The lowest BCUT2D eigenvalue weighted by atomic mass is 10.00. The predicted molar refractivity (Wildman–Crippen MR) is 152 cm³/mol. The zero-order chi connectivity index (χ0) is 28.8. The number of aromatic hydroxyl groups is 4. The third-order valence-corrected chi connectivity index (χ3v) is 8.27. The van der Waals surface area contributed by atoms with Crippen molar-refractivity contribution in [1.29, 1.82) is 0 Å². The van der Waals surface area contributed by atoms with Gasteiger partial charge < -0.3 is 40.9 Å². The van der Waals surface area contributed by atoms with Crippen LogP contribution in [0, 0.1) is 13.8 Å². The van der Waals surface area contributed by atoms with Crippen LogP contribution in [-0.4, -0.2) is 68.5 Å². The first-order chi connectivity index (χ1) is 19.2. The van der Waals surface area contributed by atoms with Gasteiger partial charge in [0.15, 0.2) is 0 Å². The van der Waals surface area contributed by atoms with Gasteiger partial charge in [-0.2, -0.15) is 0 Å². The summed E-state index contributed by atoms with van der Waals surface area (Å²) in [6, 6.07) is 5.80. The Morgan fingerprint density at radius 3 is 1.50 bits per heavy atom. The molecule has 2 heterocycles. The lowest BCUT2D eigenvalue weighted by Crippen LogP contribution is -2.40. The molecule has 2 fully saturated rings. The van der Waals surface area contributed by atoms with E-state index in [9.17, 15) is 30.0 Å². The Morgan fingerprint density at radius 2 is 1.10 bits per heavy atom. The van der Waals surface area contributed by atoms with Gasteiger partial charge in [0.25, 0.3) is 0 Å². The van der Waals surface area contributed by atoms with E-state index in [-0.39, 0.29) is 47.1 Å². The monoisotopic (exact) mass is 554 g/mol. The first kappa shape index (κ1) is 29.2. The number of carbonyl (C=O) groups is 2. The molecular weight excluding hydrogens is 512 g/mol. The Labute approximate surface area is 235 Å². The minimum atomic E-state index is -0.208. The van der Waals surface area contributed by atoms with Crippen molar-refractivity contribution in [2.24, 2.45) is 0 Å². The molecule has 0 bridgehead atoms. The maximum atomic E-state index is 12.8. The summed E-state index contributed by atoms with van der Waals surface area (Å²) >= 11 is 0. The van der Waals surface area contributed by atoms with E-state index in [0.717, 1.165) is 51.4 Å². The molecule has 0 aromatic heterocycles. The smallest absolute Gasteiger partial charge is 0.317 e. The fourth-order valence-electron chi connectivity index (χ4n) is 5.82. The summed E-state index contributed by atoms with van der Waals surface area (Å²) in [5.41, 5.74) is 2.18. The minimum Gasteiger partial charge on any atom is -0.508 e. The van der Waals surface area contributed by atoms with E-state index in [0.29, 0.717) is 48.4 Å². The maximum absolute atomic E-state index is 12.8. The minimum absolute atomic E-state index is 0.0412. The molecular formula is C30H42N4O6. The van der Waals surface area contributed by atoms with Gasteiger partial charge in [0.1, 0.15) is 23.0 Å². The van der Waals surface area contributed by atoms with Crippen LogP contribution in [0.1, 0.15) is 85.7 Å². The van der Waals surface area contributed by atoms with Gasteiger partial charge in [-0.1, -0.05) is 12.8 Å². The van der Waals surface area contributed by atoms with Gasteiger partial charge in [-0.15, -0.1) is 0 Å². The molecule has 2 aliphatic heterocycles. The van der Waals surface area contributed by atoms with Crippen molar-refractivity contribution in [3.63, 3.8) is 0 Å². The fourth-order valence-corrected chi connectivity index (χ4v) is 5.82. The van der Waals surface area contributed by atoms with Gasteiger partial charge in [0.05, 0.1) is 12.1 Å². The second-order valence-electron chi connectivity index (χ2n) is 10.9. The lowest BCUT2D eigenvalue weighted by molar-refractivity contribution is 0.190. The molecule has 2 atom stereocenters. The number of phenols is 4. The molecule has 2 aromatic carbocycles. The van der Waals surface area contributed by atoms with E-state index in [2.05, 4.69) is 10.6 Å². The molecule has 10 nitrogen and oxygen atoms in total. The van der Waals surface area contributed by atoms with Crippen molar-refractivity contribution >= 4 is 12.1 Å². The lowest BCUT2D eigenvalue weighted by Gasteiger charge is -2.26. The van der Waals surface area contributed by atoms with Crippen LogP contribution in [-0.2, 0) is 0 Å². The summed E-state index contributed by atoms with van der Waals surface area (Å²) < 4.78 is 0. The van der Waals surface area contributed by atoms with Crippen molar-refractivity contribution in [2.75, 3.05) is 26.2 Å². The van der Waals surface area contributed by atoms with Crippen molar-refractivity contribution in [3.8, 4) is 23.0 Å². The standard InChI is InChI=1S/C30H42N4O6/c1-19-25(35)13-11-21(27(19)37)23-9-7-17-33(23)29(39)31-15-5-3-4-6-16-32-30(40)34-18-8-10-24(34)22-12-14-26(36)20(2)28(22)38/h11-14,23-24,35-38H,3-10,15-18H2,1-2H3,(H,31,39)(H,32,40). The SMILES string of the molecule is Cc1c(O)ccc(C2CCCN2C(=O)NCCCCCCNC(=O)N2CCCC2c2ccc(O)c(C)c2O)c1O. The number of phenolic OH excluding ortho intramolecular Hbond substituents is 4. The molecule has 2 unspecified atom stereocenters. The molecule has 0 radical (unpaired) electrons. The van der Waals surface area contributed by atoms with E-state index in [1.807, 2.05) is 0 Å². The number of hydrogen-bond donors (Lipinski definition) is 6. The summed E-state index contributed by atoms with van der Waals surface area (Å²) in [6.45, 7) is 5.68. The van der Waals surface area contributed by atoms with Crippen LogP contribution in [0.2, 0.25) is 0 Å². The Hall–Kier alpha value is -3.82. The van der Waals surface area contributed by atoms with E-state index in [4.69, 9.17) is 0 Å². The second kappa shape index (κ2) is 13.0. The fraction of sp³-hybridized carbons (Fsp3) is 0.533. The van der Waals surface area contributed by atoms with Crippen LogP contribution < -0.4 is 10.6 Å². The number of likely N-dealkylation sites (tertiary alicyclic amines) is 2. The maximum Gasteiger partial charge on any atom is 0.317 e. The zero-order valence-electron chi connectivity index (χ0n) is 23.4. The van der Waals surface area contributed by atoms with E-state index >= 15 is 0 Å². The Balaban J connectivity index is 1.14. The summed E-state index contributed by atoms with van der Waals surface area (Å²) in [5.74, 6) is 0.176. The summed E-state index contributed by atoms with van der Waals surface area (Å²) in [6.07, 6.45) is 6.75. The molecule has 40 heavy (non-hydrogen) atoms. The Bertz CT molecular complexity index is 1130. The summed E-state index contributed by atoms with van der Waals surface area (Å²) in [4.78, 5) is 29.1. The van der Waals surface area contributed by atoms with Gasteiger partial charge in [-0.25, -0.2) is 9.59 Å². The van der Waals surface area contributed by atoms with Crippen LogP contribution in [0.15, 0.2) is 24.3 Å². The molecule has 4 rings (SSSR count). The number of unbranched alkanes of at least 4 members (excludes halogenated alkanes) is 3. The molecule has 4 amide bonds. The summed E-state index contributed by atoms with van der Waals surface area (Å²) in [5, 5.41) is 46.6. The molecule has 0 saturated carbocycles. The van der Waals surface area contributed by atoms with Crippen LogP contribution in [0.4, 0.5) is 9.59 Å². The predicted octanol–water partition coefficient (Wildman–Crippen LogP) is 5.08. The van der Waals surface area contributed by atoms with E-state index in [1.165, 1.54) is 0 Å². The second-order valence-corrected chi connectivity index (χ2v) is 10.9. The van der Waals surface area contributed by atoms with Gasteiger partial charge in [0, 0.05) is 48.4 Å². The normalized spacial score (nSPS) is 18.8. The number of nitrogens with zero attached hydrogens (tertiary/aromatic N) is 2. The quantitative estimate of drug-likeness (QED) is 0.238. The number of urea groups is 2. The van der Waals surface area contributed by atoms with Crippen LogP contribution in [0.3, 0.4) is 0 Å². The number of carbonyl (C=O) groups excluding carboxylic acids is 2. The average Bonchev–Trinajstić information content (AvgIpc) is 3.62. The third kappa shape index (κ3) is 6.32. The number of benzene rings is 2.